The van der Waals surface area contributed by atoms with Crippen molar-refractivity contribution in [2.24, 2.45) is 11.7 Å². The molecule has 1 aliphatic heterocycles. The first kappa shape index (κ1) is 11.4. The topological polar surface area (TPSA) is 55.5 Å². The average Bonchev–Trinajstić information content (AvgIpc) is 2.77. The molecule has 0 aromatic heterocycles. The van der Waals surface area contributed by atoms with Gasteiger partial charge in [-0.3, -0.25) is 0 Å². The van der Waals surface area contributed by atoms with E-state index in [1.165, 1.54) is 5.56 Å². The summed E-state index contributed by atoms with van der Waals surface area (Å²) < 4.78 is 5.46. The highest BCUT2D eigenvalue weighted by Gasteiger charge is 2.19. The first-order chi connectivity index (χ1) is 7.76. The lowest BCUT2D eigenvalue weighted by molar-refractivity contribution is 0.200. The van der Waals surface area contributed by atoms with Crippen molar-refractivity contribution in [1.82, 2.24) is 0 Å². The number of aliphatic hydroxyl groups excluding tert-OH is 1. The maximum atomic E-state index is 9.25. The zero-order valence-electron chi connectivity index (χ0n) is 9.65. The highest BCUT2D eigenvalue weighted by atomic mass is 16.5. The molecule has 0 amide bonds. The summed E-state index contributed by atoms with van der Waals surface area (Å²) in [6.07, 6.45) is 1.86. The van der Waals surface area contributed by atoms with Crippen LogP contribution in [0.5, 0.6) is 5.75 Å². The second-order valence-corrected chi connectivity index (χ2v) is 4.34. The molecule has 0 bridgehead atoms. The van der Waals surface area contributed by atoms with Crippen LogP contribution in [-0.4, -0.2) is 18.3 Å². The minimum atomic E-state index is -0.0825. The van der Waals surface area contributed by atoms with Gasteiger partial charge in [0.2, 0.25) is 0 Å². The molecular weight excluding hydrogens is 202 g/mol. The number of nitrogens with two attached hydrogens (primary N) is 1. The summed E-state index contributed by atoms with van der Waals surface area (Å²) in [6.45, 7) is 2.97. The maximum Gasteiger partial charge on any atom is 0.122 e. The second kappa shape index (κ2) is 4.85. The Bertz CT molecular complexity index is 361. The van der Waals surface area contributed by atoms with E-state index >= 15 is 0 Å². The zero-order valence-corrected chi connectivity index (χ0v) is 9.65. The summed E-state index contributed by atoms with van der Waals surface area (Å²) in [4.78, 5) is 0. The van der Waals surface area contributed by atoms with Gasteiger partial charge in [-0.2, -0.15) is 0 Å². The van der Waals surface area contributed by atoms with Crippen LogP contribution in [0.25, 0.3) is 0 Å². The van der Waals surface area contributed by atoms with Crippen LogP contribution >= 0.6 is 0 Å². The molecule has 2 rings (SSSR count). The predicted molar refractivity (Wildman–Crippen MR) is 63.4 cm³/mol. The van der Waals surface area contributed by atoms with Crippen molar-refractivity contribution in [2.75, 3.05) is 13.2 Å². The number of hydrogen-bond donors (Lipinski definition) is 2. The fourth-order valence-electron chi connectivity index (χ4n) is 2.18. The molecule has 0 radical (unpaired) electrons. The van der Waals surface area contributed by atoms with E-state index < -0.39 is 0 Å². The van der Waals surface area contributed by atoms with Crippen LogP contribution in [0.3, 0.4) is 0 Å². The van der Waals surface area contributed by atoms with Crippen LogP contribution in [0.2, 0.25) is 0 Å². The van der Waals surface area contributed by atoms with E-state index in [1.54, 1.807) is 0 Å². The molecule has 0 spiro atoms. The van der Waals surface area contributed by atoms with Gasteiger partial charge in [0.15, 0.2) is 0 Å². The Morgan fingerprint density at radius 3 is 3.00 bits per heavy atom. The third-order valence-electron chi connectivity index (χ3n) is 3.37. The third-order valence-corrected chi connectivity index (χ3v) is 3.37. The van der Waals surface area contributed by atoms with E-state index in [1.807, 2.05) is 12.1 Å². The smallest absolute Gasteiger partial charge is 0.122 e. The second-order valence-electron chi connectivity index (χ2n) is 4.34. The van der Waals surface area contributed by atoms with Crippen LogP contribution < -0.4 is 10.5 Å². The van der Waals surface area contributed by atoms with Crippen molar-refractivity contribution in [3.63, 3.8) is 0 Å². The highest BCUT2D eigenvalue weighted by molar-refractivity contribution is 5.40. The molecule has 1 aromatic rings. The van der Waals surface area contributed by atoms with Crippen molar-refractivity contribution >= 4 is 0 Å². The Morgan fingerprint density at radius 1 is 1.50 bits per heavy atom. The van der Waals surface area contributed by atoms with E-state index in [-0.39, 0.29) is 18.6 Å². The van der Waals surface area contributed by atoms with E-state index in [0.717, 1.165) is 30.8 Å². The number of hydrogen-bond acceptors (Lipinski definition) is 3. The fraction of sp³-hybridized carbons (Fsp3) is 0.538. The summed E-state index contributed by atoms with van der Waals surface area (Å²) in [6, 6.07) is 6.03. The molecule has 3 nitrogen and oxygen atoms in total. The minimum Gasteiger partial charge on any atom is -0.493 e. The molecule has 2 atom stereocenters. The molecule has 1 heterocycles. The van der Waals surface area contributed by atoms with Gasteiger partial charge in [-0.05, 0) is 23.6 Å². The van der Waals surface area contributed by atoms with Crippen molar-refractivity contribution in [2.45, 2.75) is 25.8 Å². The van der Waals surface area contributed by atoms with E-state index in [9.17, 15) is 5.11 Å². The molecule has 0 saturated carbocycles. The Hall–Kier alpha value is -1.06. The van der Waals surface area contributed by atoms with Crippen molar-refractivity contribution in [3.8, 4) is 5.75 Å². The Morgan fingerprint density at radius 2 is 2.31 bits per heavy atom. The molecule has 16 heavy (non-hydrogen) atoms. The molecular formula is C13H19NO2. The molecule has 1 aromatic carbocycles. The molecule has 0 fully saturated rings. The van der Waals surface area contributed by atoms with E-state index in [2.05, 4.69) is 13.0 Å². The lowest BCUT2D eigenvalue weighted by atomic mass is 9.91. The number of fused-ring (bicyclic) bond motifs is 1. The van der Waals surface area contributed by atoms with Gasteiger partial charge in [0.05, 0.1) is 6.61 Å². The highest BCUT2D eigenvalue weighted by Crippen LogP contribution is 2.30. The number of aliphatic hydroxyl groups is 1. The molecule has 2 unspecified atom stereocenters. The third kappa shape index (κ3) is 2.06. The SMILES string of the molecule is CCC(CO)C(N)c1ccc2c(c1)CCO2. The average molecular weight is 221 g/mol. The van der Waals surface area contributed by atoms with Crippen LogP contribution in [-0.2, 0) is 6.42 Å². The molecule has 88 valence electrons. The summed E-state index contributed by atoms with van der Waals surface area (Å²) in [5.41, 5.74) is 8.49. The largest absolute Gasteiger partial charge is 0.493 e. The summed E-state index contributed by atoms with van der Waals surface area (Å²) in [5.74, 6) is 1.12. The Balaban J connectivity index is 2.20. The molecule has 3 N–H and O–H groups in total. The van der Waals surface area contributed by atoms with Crippen molar-refractivity contribution in [3.05, 3.63) is 29.3 Å². The van der Waals surface area contributed by atoms with E-state index in [0.29, 0.717) is 0 Å². The normalized spacial score (nSPS) is 17.7. The van der Waals surface area contributed by atoms with Gasteiger partial charge >= 0.3 is 0 Å². The van der Waals surface area contributed by atoms with Gasteiger partial charge < -0.3 is 15.6 Å². The molecule has 0 saturated heterocycles. The summed E-state index contributed by atoms with van der Waals surface area (Å²) in [7, 11) is 0. The quantitative estimate of drug-likeness (QED) is 0.812. The monoisotopic (exact) mass is 221 g/mol. The van der Waals surface area contributed by atoms with E-state index in [4.69, 9.17) is 10.5 Å². The van der Waals surface area contributed by atoms with Gasteiger partial charge in [-0.25, -0.2) is 0 Å². The fourth-order valence-corrected chi connectivity index (χ4v) is 2.18. The predicted octanol–water partition coefficient (Wildman–Crippen LogP) is 1.64. The van der Waals surface area contributed by atoms with Gasteiger partial charge in [0, 0.05) is 25.0 Å². The van der Waals surface area contributed by atoms with Crippen LogP contribution in [0.15, 0.2) is 18.2 Å². The Kier molecular flexibility index (Phi) is 3.46. The van der Waals surface area contributed by atoms with Gasteiger partial charge in [0.1, 0.15) is 5.75 Å². The lowest BCUT2D eigenvalue weighted by Crippen LogP contribution is -2.23. The van der Waals surface area contributed by atoms with Crippen molar-refractivity contribution < 1.29 is 9.84 Å². The summed E-state index contributed by atoms with van der Waals surface area (Å²) >= 11 is 0. The zero-order chi connectivity index (χ0) is 11.5. The van der Waals surface area contributed by atoms with Crippen LogP contribution in [0, 0.1) is 5.92 Å². The molecule has 1 aliphatic rings. The lowest BCUT2D eigenvalue weighted by Gasteiger charge is -2.21. The van der Waals surface area contributed by atoms with Crippen LogP contribution in [0.4, 0.5) is 0 Å². The Labute approximate surface area is 96.2 Å². The summed E-state index contributed by atoms with van der Waals surface area (Å²) in [5, 5.41) is 9.25. The first-order valence-corrected chi connectivity index (χ1v) is 5.88. The van der Waals surface area contributed by atoms with Gasteiger partial charge in [0.25, 0.3) is 0 Å². The molecule has 0 aliphatic carbocycles. The van der Waals surface area contributed by atoms with Crippen molar-refractivity contribution in [1.29, 1.82) is 0 Å². The molecule has 3 heteroatoms. The van der Waals surface area contributed by atoms with Crippen LogP contribution in [0.1, 0.15) is 30.5 Å². The maximum absolute atomic E-state index is 9.25. The standard InChI is InChI=1S/C13H19NO2/c1-2-9(8-15)13(14)11-3-4-12-10(7-11)5-6-16-12/h3-4,7,9,13,15H,2,5-6,8,14H2,1H3. The number of ether oxygens (including phenoxy) is 1. The van der Waals surface area contributed by atoms with Gasteiger partial charge in [-0.15, -0.1) is 0 Å². The number of benzene rings is 1. The first-order valence-electron chi connectivity index (χ1n) is 5.88. The minimum absolute atomic E-state index is 0.0825. The van der Waals surface area contributed by atoms with Gasteiger partial charge in [-0.1, -0.05) is 19.1 Å². The number of rotatable bonds is 4.